The SMILES string of the molecule is CCN(CC(=O)O)C(=O)CC(C)CCNC(=O)OCC1c2ccccc2-c2ccccc21. The maximum absolute atomic E-state index is 12.2. The van der Waals surface area contributed by atoms with Gasteiger partial charge in [-0.15, -0.1) is 0 Å². The van der Waals surface area contributed by atoms with Gasteiger partial charge in [-0.25, -0.2) is 4.79 Å². The number of ether oxygens (including phenoxy) is 1. The molecule has 0 radical (unpaired) electrons. The summed E-state index contributed by atoms with van der Waals surface area (Å²) in [5.74, 6) is -1.19. The molecule has 170 valence electrons. The van der Waals surface area contributed by atoms with Gasteiger partial charge in [-0.05, 0) is 41.5 Å². The highest BCUT2D eigenvalue weighted by Crippen LogP contribution is 2.44. The van der Waals surface area contributed by atoms with Crippen molar-refractivity contribution < 1.29 is 24.2 Å². The molecule has 2 aromatic carbocycles. The Hall–Kier alpha value is -3.35. The molecular formula is C25H30N2O5. The smallest absolute Gasteiger partial charge is 0.407 e. The number of nitrogens with one attached hydrogen (secondary N) is 1. The summed E-state index contributed by atoms with van der Waals surface area (Å²) in [6.07, 6.45) is 0.361. The lowest BCUT2D eigenvalue weighted by Gasteiger charge is -2.21. The zero-order valence-corrected chi connectivity index (χ0v) is 18.5. The van der Waals surface area contributed by atoms with E-state index in [4.69, 9.17) is 9.84 Å². The van der Waals surface area contributed by atoms with Gasteiger partial charge in [0.05, 0.1) is 0 Å². The number of alkyl carbamates (subject to hydrolysis) is 1. The fraction of sp³-hybridized carbons (Fsp3) is 0.400. The lowest BCUT2D eigenvalue weighted by molar-refractivity contribution is -0.144. The van der Waals surface area contributed by atoms with Gasteiger partial charge in [0.15, 0.2) is 0 Å². The van der Waals surface area contributed by atoms with E-state index in [2.05, 4.69) is 29.6 Å². The van der Waals surface area contributed by atoms with Gasteiger partial charge in [-0.2, -0.15) is 0 Å². The fourth-order valence-corrected chi connectivity index (χ4v) is 4.14. The summed E-state index contributed by atoms with van der Waals surface area (Å²) in [6, 6.07) is 16.3. The molecule has 2 aromatic rings. The third-order valence-corrected chi connectivity index (χ3v) is 5.83. The number of carbonyl (C=O) groups excluding carboxylic acids is 2. The van der Waals surface area contributed by atoms with Crippen LogP contribution in [0.1, 0.15) is 43.7 Å². The van der Waals surface area contributed by atoms with Crippen LogP contribution < -0.4 is 5.32 Å². The van der Waals surface area contributed by atoms with Gasteiger partial charge in [0, 0.05) is 25.4 Å². The van der Waals surface area contributed by atoms with E-state index in [1.807, 2.05) is 31.2 Å². The first-order chi connectivity index (χ1) is 15.4. The topological polar surface area (TPSA) is 95.9 Å². The monoisotopic (exact) mass is 438 g/mol. The summed E-state index contributed by atoms with van der Waals surface area (Å²) >= 11 is 0. The van der Waals surface area contributed by atoms with Crippen LogP contribution in [0.4, 0.5) is 4.79 Å². The minimum atomic E-state index is -1.02. The third-order valence-electron chi connectivity index (χ3n) is 5.83. The Balaban J connectivity index is 1.44. The second-order valence-corrected chi connectivity index (χ2v) is 8.15. The number of likely N-dealkylation sites (N-methyl/N-ethyl adjacent to an activating group) is 1. The Morgan fingerprint density at radius 3 is 2.22 bits per heavy atom. The van der Waals surface area contributed by atoms with Crippen molar-refractivity contribution >= 4 is 18.0 Å². The molecular weight excluding hydrogens is 408 g/mol. The van der Waals surface area contributed by atoms with Crippen molar-refractivity contribution in [1.82, 2.24) is 10.2 Å². The quantitative estimate of drug-likeness (QED) is 0.587. The fourth-order valence-electron chi connectivity index (χ4n) is 4.14. The van der Waals surface area contributed by atoms with Crippen LogP contribution in [-0.2, 0) is 14.3 Å². The van der Waals surface area contributed by atoms with Crippen LogP contribution >= 0.6 is 0 Å². The van der Waals surface area contributed by atoms with Gasteiger partial charge in [0.25, 0.3) is 0 Å². The van der Waals surface area contributed by atoms with Gasteiger partial charge < -0.3 is 20.1 Å². The van der Waals surface area contributed by atoms with E-state index in [9.17, 15) is 14.4 Å². The van der Waals surface area contributed by atoms with Crippen molar-refractivity contribution in [2.24, 2.45) is 5.92 Å². The van der Waals surface area contributed by atoms with Crippen LogP contribution in [0.15, 0.2) is 48.5 Å². The molecule has 7 nitrogen and oxygen atoms in total. The second-order valence-electron chi connectivity index (χ2n) is 8.15. The van der Waals surface area contributed by atoms with E-state index < -0.39 is 12.1 Å². The maximum Gasteiger partial charge on any atom is 0.407 e. The highest BCUT2D eigenvalue weighted by molar-refractivity contribution is 5.81. The van der Waals surface area contributed by atoms with E-state index in [0.29, 0.717) is 19.5 Å². The van der Waals surface area contributed by atoms with Crippen LogP contribution in [0.2, 0.25) is 0 Å². The molecule has 2 N–H and O–H groups in total. The number of benzene rings is 2. The zero-order valence-electron chi connectivity index (χ0n) is 18.5. The molecule has 2 amide bonds. The minimum Gasteiger partial charge on any atom is -0.480 e. The average Bonchev–Trinajstić information content (AvgIpc) is 3.09. The standard InChI is InChI=1S/C25H30N2O5/c1-3-27(15-24(29)30)23(28)14-17(2)12-13-26-25(31)32-16-22-20-10-6-4-8-18(20)19-9-5-7-11-21(19)22/h4-11,17,22H,3,12-16H2,1-2H3,(H,26,31)(H,29,30). The molecule has 7 heteroatoms. The summed E-state index contributed by atoms with van der Waals surface area (Å²) in [6.45, 7) is 4.37. The Morgan fingerprint density at radius 2 is 1.66 bits per heavy atom. The van der Waals surface area contributed by atoms with Gasteiger partial charge in [0.2, 0.25) is 5.91 Å². The second kappa shape index (κ2) is 10.8. The molecule has 0 bridgehead atoms. The molecule has 0 aliphatic heterocycles. The first-order valence-corrected chi connectivity index (χ1v) is 11.0. The number of carbonyl (C=O) groups is 3. The lowest BCUT2D eigenvalue weighted by atomic mass is 9.98. The minimum absolute atomic E-state index is 0.0129. The number of fused-ring (bicyclic) bond motifs is 3. The van der Waals surface area contributed by atoms with Crippen molar-refractivity contribution in [3.8, 4) is 11.1 Å². The van der Waals surface area contributed by atoms with Crippen LogP contribution in [-0.4, -0.2) is 54.2 Å². The molecule has 0 saturated carbocycles. The van der Waals surface area contributed by atoms with E-state index in [1.165, 1.54) is 16.0 Å². The van der Waals surface area contributed by atoms with Crippen LogP contribution in [0.5, 0.6) is 0 Å². The molecule has 3 rings (SSSR count). The normalized spacial score (nSPS) is 13.1. The van der Waals surface area contributed by atoms with Gasteiger partial charge in [-0.1, -0.05) is 55.5 Å². The Kier molecular flexibility index (Phi) is 7.87. The van der Waals surface area contributed by atoms with Crippen molar-refractivity contribution in [2.75, 3.05) is 26.2 Å². The lowest BCUT2D eigenvalue weighted by Crippen LogP contribution is -2.36. The molecule has 0 aromatic heterocycles. The van der Waals surface area contributed by atoms with E-state index in [1.54, 1.807) is 6.92 Å². The van der Waals surface area contributed by atoms with E-state index in [-0.39, 0.29) is 37.3 Å². The van der Waals surface area contributed by atoms with Crippen LogP contribution in [0.3, 0.4) is 0 Å². The summed E-state index contributed by atoms with van der Waals surface area (Å²) in [7, 11) is 0. The van der Waals surface area contributed by atoms with Gasteiger partial charge >= 0.3 is 12.1 Å². The Bertz CT molecular complexity index is 929. The first-order valence-electron chi connectivity index (χ1n) is 11.0. The molecule has 1 unspecified atom stereocenters. The molecule has 32 heavy (non-hydrogen) atoms. The summed E-state index contributed by atoms with van der Waals surface area (Å²) in [4.78, 5) is 36.6. The molecule has 0 saturated heterocycles. The highest BCUT2D eigenvalue weighted by Gasteiger charge is 2.29. The van der Waals surface area contributed by atoms with E-state index in [0.717, 1.165) is 11.1 Å². The average molecular weight is 439 g/mol. The summed E-state index contributed by atoms with van der Waals surface area (Å²) < 4.78 is 5.51. The Labute approximate surface area is 188 Å². The van der Waals surface area contributed by atoms with Crippen molar-refractivity contribution in [2.45, 2.75) is 32.6 Å². The highest BCUT2D eigenvalue weighted by atomic mass is 16.5. The number of aliphatic carboxylic acids is 1. The number of nitrogens with zero attached hydrogens (tertiary/aromatic N) is 1. The number of hydrogen-bond donors (Lipinski definition) is 2. The molecule has 0 fully saturated rings. The Morgan fingerprint density at radius 1 is 1.06 bits per heavy atom. The first kappa shape index (κ1) is 23.3. The van der Waals surface area contributed by atoms with Gasteiger partial charge in [-0.3, -0.25) is 9.59 Å². The number of amides is 2. The summed E-state index contributed by atoms with van der Waals surface area (Å²) in [5, 5.41) is 11.6. The van der Waals surface area contributed by atoms with Crippen molar-refractivity contribution in [3.05, 3.63) is 59.7 Å². The largest absolute Gasteiger partial charge is 0.480 e. The molecule has 1 aliphatic rings. The number of rotatable bonds is 10. The molecule has 0 heterocycles. The van der Waals surface area contributed by atoms with Crippen LogP contribution in [0.25, 0.3) is 11.1 Å². The zero-order chi connectivity index (χ0) is 23.1. The van der Waals surface area contributed by atoms with E-state index >= 15 is 0 Å². The summed E-state index contributed by atoms with van der Waals surface area (Å²) in [5.41, 5.74) is 4.69. The predicted molar refractivity (Wildman–Crippen MR) is 121 cm³/mol. The predicted octanol–water partition coefficient (Wildman–Crippen LogP) is 3.87. The number of hydrogen-bond acceptors (Lipinski definition) is 4. The molecule has 0 spiro atoms. The van der Waals surface area contributed by atoms with Crippen molar-refractivity contribution in [1.29, 1.82) is 0 Å². The van der Waals surface area contributed by atoms with Gasteiger partial charge in [0.1, 0.15) is 13.2 Å². The number of carboxylic acids is 1. The van der Waals surface area contributed by atoms with Crippen LogP contribution in [0, 0.1) is 5.92 Å². The third kappa shape index (κ3) is 5.66. The number of carboxylic acid groups (broad SMARTS) is 1. The molecule has 1 aliphatic carbocycles. The molecule has 1 atom stereocenters. The maximum atomic E-state index is 12.2. The van der Waals surface area contributed by atoms with Crippen molar-refractivity contribution in [3.63, 3.8) is 0 Å².